The standard InChI is InChI=1S/C19H19FN2O7S/c20-18-10-13(8-9-28-18)12-29-17-7-6-15(11-16(17)22(24)25)30(26,27)21-19(23)14-4-2-1-3-5-14/h1-7,11,13,18H,8-10,12H2,(H,21,23). The number of hydrogen-bond donors (Lipinski definition) is 1. The van der Waals surface area contributed by atoms with E-state index in [-0.39, 0.29) is 36.9 Å². The third-order valence-corrected chi connectivity index (χ3v) is 5.85. The molecule has 1 saturated heterocycles. The van der Waals surface area contributed by atoms with Crippen LogP contribution >= 0.6 is 0 Å². The van der Waals surface area contributed by atoms with Gasteiger partial charge >= 0.3 is 5.69 Å². The van der Waals surface area contributed by atoms with Gasteiger partial charge in [-0.05, 0) is 30.7 Å². The minimum absolute atomic E-state index is 0.0292. The summed E-state index contributed by atoms with van der Waals surface area (Å²) in [6, 6.07) is 10.7. The van der Waals surface area contributed by atoms with Gasteiger partial charge in [0.25, 0.3) is 15.9 Å². The number of nitrogens with one attached hydrogen (secondary N) is 1. The summed E-state index contributed by atoms with van der Waals surface area (Å²) >= 11 is 0. The van der Waals surface area contributed by atoms with Crippen molar-refractivity contribution in [1.29, 1.82) is 0 Å². The quantitative estimate of drug-likeness (QED) is 0.520. The van der Waals surface area contributed by atoms with Crippen LogP contribution in [-0.2, 0) is 14.8 Å². The first kappa shape index (κ1) is 21.7. The van der Waals surface area contributed by atoms with E-state index in [0.717, 1.165) is 18.2 Å². The van der Waals surface area contributed by atoms with Crippen molar-refractivity contribution < 1.29 is 32.0 Å². The number of amides is 1. The van der Waals surface area contributed by atoms with E-state index in [9.17, 15) is 27.7 Å². The topological polar surface area (TPSA) is 125 Å². The fourth-order valence-corrected chi connectivity index (χ4v) is 3.92. The smallest absolute Gasteiger partial charge is 0.312 e. The van der Waals surface area contributed by atoms with E-state index >= 15 is 0 Å². The van der Waals surface area contributed by atoms with Gasteiger partial charge in [-0.3, -0.25) is 14.9 Å². The molecule has 2 atom stereocenters. The van der Waals surface area contributed by atoms with Gasteiger partial charge in [-0.1, -0.05) is 18.2 Å². The number of nitrogens with zero attached hydrogens (tertiary/aromatic N) is 1. The Morgan fingerprint density at radius 1 is 1.27 bits per heavy atom. The van der Waals surface area contributed by atoms with Crippen molar-refractivity contribution in [2.45, 2.75) is 24.1 Å². The molecule has 2 unspecified atom stereocenters. The number of nitro benzene ring substituents is 1. The van der Waals surface area contributed by atoms with Crippen LogP contribution in [0.3, 0.4) is 0 Å². The molecular weight excluding hydrogens is 419 g/mol. The molecule has 0 spiro atoms. The summed E-state index contributed by atoms with van der Waals surface area (Å²) in [6.07, 6.45) is -0.735. The summed E-state index contributed by atoms with van der Waals surface area (Å²) in [4.78, 5) is 22.3. The van der Waals surface area contributed by atoms with Gasteiger partial charge in [0.15, 0.2) is 12.1 Å². The molecular formula is C19H19FN2O7S. The van der Waals surface area contributed by atoms with Crippen molar-refractivity contribution in [2.75, 3.05) is 13.2 Å². The minimum atomic E-state index is -4.35. The predicted molar refractivity (Wildman–Crippen MR) is 103 cm³/mol. The van der Waals surface area contributed by atoms with Crippen molar-refractivity contribution in [3.05, 3.63) is 64.2 Å². The molecule has 0 aliphatic carbocycles. The van der Waals surface area contributed by atoms with E-state index in [1.165, 1.54) is 12.1 Å². The second kappa shape index (κ2) is 9.18. The lowest BCUT2D eigenvalue weighted by Crippen LogP contribution is -2.30. The Kier molecular flexibility index (Phi) is 6.63. The zero-order valence-corrected chi connectivity index (χ0v) is 16.5. The van der Waals surface area contributed by atoms with Crippen LogP contribution in [0.4, 0.5) is 10.1 Å². The first-order valence-corrected chi connectivity index (χ1v) is 10.5. The Morgan fingerprint density at radius 3 is 2.67 bits per heavy atom. The van der Waals surface area contributed by atoms with Gasteiger partial charge in [-0.2, -0.15) is 0 Å². The Hall–Kier alpha value is -3.05. The molecule has 0 radical (unpaired) electrons. The molecule has 0 aromatic heterocycles. The van der Waals surface area contributed by atoms with Gasteiger partial charge in [0.2, 0.25) is 0 Å². The van der Waals surface area contributed by atoms with E-state index in [0.29, 0.717) is 6.42 Å². The summed E-state index contributed by atoms with van der Waals surface area (Å²) in [5, 5.41) is 11.4. The molecule has 1 amide bonds. The first-order valence-electron chi connectivity index (χ1n) is 9.05. The number of rotatable bonds is 7. The average Bonchev–Trinajstić information content (AvgIpc) is 2.72. The van der Waals surface area contributed by atoms with Gasteiger partial charge < -0.3 is 9.47 Å². The van der Waals surface area contributed by atoms with E-state index in [2.05, 4.69) is 0 Å². The number of alkyl halides is 1. The second-order valence-electron chi connectivity index (χ2n) is 6.67. The van der Waals surface area contributed by atoms with Crippen molar-refractivity contribution >= 4 is 21.6 Å². The predicted octanol–water partition coefficient (Wildman–Crippen LogP) is 2.81. The molecule has 3 rings (SSSR count). The lowest BCUT2D eigenvalue weighted by molar-refractivity contribution is -0.386. The van der Waals surface area contributed by atoms with Crippen LogP contribution in [0.1, 0.15) is 23.2 Å². The maximum Gasteiger partial charge on any atom is 0.312 e. The molecule has 2 aromatic rings. The Labute approximate surface area is 172 Å². The zero-order chi connectivity index (χ0) is 21.7. The molecule has 1 aliphatic heterocycles. The molecule has 11 heteroatoms. The Bertz CT molecular complexity index is 1030. The zero-order valence-electron chi connectivity index (χ0n) is 15.7. The average molecular weight is 438 g/mol. The highest BCUT2D eigenvalue weighted by atomic mass is 32.2. The van der Waals surface area contributed by atoms with E-state index in [4.69, 9.17) is 9.47 Å². The highest BCUT2D eigenvalue weighted by molar-refractivity contribution is 7.90. The molecule has 1 aliphatic rings. The lowest BCUT2D eigenvalue weighted by atomic mass is 10.0. The molecule has 0 bridgehead atoms. The van der Waals surface area contributed by atoms with Crippen molar-refractivity contribution in [3.63, 3.8) is 0 Å². The van der Waals surface area contributed by atoms with Crippen molar-refractivity contribution in [3.8, 4) is 5.75 Å². The Morgan fingerprint density at radius 2 is 2.00 bits per heavy atom. The molecule has 0 saturated carbocycles. The highest BCUT2D eigenvalue weighted by Gasteiger charge is 2.26. The SMILES string of the molecule is O=C(NS(=O)(=O)c1ccc(OCC2CCOC(F)C2)c([N+](=O)[O-])c1)c1ccccc1. The molecule has 1 fully saturated rings. The lowest BCUT2D eigenvalue weighted by Gasteiger charge is -2.24. The van der Waals surface area contributed by atoms with Gasteiger partial charge in [-0.25, -0.2) is 17.5 Å². The van der Waals surface area contributed by atoms with Gasteiger partial charge in [0.05, 0.1) is 23.0 Å². The van der Waals surface area contributed by atoms with Crippen molar-refractivity contribution in [2.24, 2.45) is 5.92 Å². The summed E-state index contributed by atoms with van der Waals surface area (Å²) < 4.78 is 50.4. The van der Waals surface area contributed by atoms with Gasteiger partial charge in [0, 0.05) is 24.0 Å². The highest BCUT2D eigenvalue weighted by Crippen LogP contribution is 2.31. The van der Waals surface area contributed by atoms with Crippen LogP contribution in [0.15, 0.2) is 53.4 Å². The number of benzene rings is 2. The van der Waals surface area contributed by atoms with E-state index in [1.807, 2.05) is 4.72 Å². The molecule has 9 nitrogen and oxygen atoms in total. The molecule has 1 N–H and O–H groups in total. The van der Waals surface area contributed by atoms with Crippen LogP contribution in [0.2, 0.25) is 0 Å². The van der Waals surface area contributed by atoms with E-state index < -0.39 is 37.8 Å². The number of ether oxygens (including phenoxy) is 2. The number of hydrogen-bond acceptors (Lipinski definition) is 7. The van der Waals surface area contributed by atoms with Crippen molar-refractivity contribution in [1.82, 2.24) is 4.72 Å². The normalized spacial score (nSPS) is 19.1. The summed E-state index contributed by atoms with van der Waals surface area (Å²) in [7, 11) is -4.35. The number of carbonyl (C=O) groups excluding carboxylic acids is 1. The summed E-state index contributed by atoms with van der Waals surface area (Å²) in [5.74, 6) is -1.18. The maximum atomic E-state index is 13.3. The monoisotopic (exact) mass is 438 g/mol. The van der Waals surface area contributed by atoms with Gasteiger partial charge in [-0.15, -0.1) is 0 Å². The third-order valence-electron chi connectivity index (χ3n) is 4.52. The van der Waals surface area contributed by atoms with E-state index in [1.54, 1.807) is 18.2 Å². The van der Waals surface area contributed by atoms with Crippen LogP contribution in [-0.4, -0.2) is 38.8 Å². The van der Waals surface area contributed by atoms with Crippen LogP contribution in [0, 0.1) is 16.0 Å². The molecule has 1 heterocycles. The third kappa shape index (κ3) is 5.30. The largest absolute Gasteiger partial charge is 0.487 e. The summed E-state index contributed by atoms with van der Waals surface area (Å²) in [5.41, 5.74) is -0.452. The Balaban J connectivity index is 1.76. The fourth-order valence-electron chi connectivity index (χ4n) is 2.93. The maximum absolute atomic E-state index is 13.3. The molecule has 30 heavy (non-hydrogen) atoms. The number of nitro groups is 1. The number of halogens is 1. The van der Waals surface area contributed by atoms with Gasteiger partial charge in [0.1, 0.15) is 0 Å². The second-order valence-corrected chi connectivity index (χ2v) is 8.35. The first-order chi connectivity index (χ1) is 14.3. The minimum Gasteiger partial charge on any atom is -0.487 e. The molecule has 2 aromatic carbocycles. The summed E-state index contributed by atoms with van der Waals surface area (Å²) in [6.45, 7) is 0.261. The number of sulfonamides is 1. The van der Waals surface area contributed by atoms with Crippen LogP contribution in [0.5, 0.6) is 5.75 Å². The fraction of sp³-hybridized carbons (Fsp3) is 0.316. The number of carbonyl (C=O) groups is 1. The molecule has 160 valence electrons. The van der Waals surface area contributed by atoms with Crippen LogP contribution in [0.25, 0.3) is 0 Å². The van der Waals surface area contributed by atoms with Crippen LogP contribution < -0.4 is 9.46 Å².